The lowest BCUT2D eigenvalue weighted by Gasteiger charge is -2.28. The molecule has 2 rings (SSSR count). The van der Waals surface area contributed by atoms with Crippen molar-refractivity contribution >= 4 is 17.5 Å². The first-order valence-corrected chi connectivity index (χ1v) is 6.39. The van der Waals surface area contributed by atoms with Crippen LogP contribution in [0.1, 0.15) is 23.6 Å². The zero-order valence-electron chi connectivity index (χ0n) is 10.2. The number of amides is 1. The number of hydrogen-bond acceptors (Lipinski definition) is 2. The molecule has 1 aliphatic rings. The number of nitrogens with two attached hydrogens (primary N) is 1. The summed E-state index contributed by atoms with van der Waals surface area (Å²) in [4.78, 5) is 13.2. The average Bonchev–Trinajstić information content (AvgIpc) is 2.70. The molecule has 0 saturated heterocycles. The molecule has 0 aliphatic heterocycles. The van der Waals surface area contributed by atoms with Crippen molar-refractivity contribution < 1.29 is 4.79 Å². The molecule has 0 radical (unpaired) electrons. The molecule has 3 nitrogen and oxygen atoms in total. The molecule has 0 fully saturated rings. The summed E-state index contributed by atoms with van der Waals surface area (Å²) in [6.07, 6.45) is 2.03. The molecule has 0 saturated carbocycles. The van der Waals surface area contributed by atoms with E-state index in [-0.39, 0.29) is 18.5 Å². The van der Waals surface area contributed by atoms with Crippen LogP contribution in [0.15, 0.2) is 35.9 Å². The average molecular weight is 265 g/mol. The third-order valence-corrected chi connectivity index (χ3v) is 3.40. The minimum atomic E-state index is -0.336. The molecule has 1 aliphatic carbocycles. The van der Waals surface area contributed by atoms with E-state index in [2.05, 4.69) is 18.7 Å². The van der Waals surface area contributed by atoms with Crippen molar-refractivity contribution in [1.29, 1.82) is 0 Å². The summed E-state index contributed by atoms with van der Waals surface area (Å²) in [5.41, 5.74) is 7.92. The van der Waals surface area contributed by atoms with Crippen molar-refractivity contribution in [3.8, 4) is 0 Å². The Morgan fingerprint density at radius 3 is 2.83 bits per heavy atom. The number of carbonyl (C=O) groups is 1. The number of nitrogens with zero attached hydrogens (tertiary/aromatic N) is 1. The lowest BCUT2D eigenvalue weighted by Crippen LogP contribution is -2.36. The van der Waals surface area contributed by atoms with Gasteiger partial charge in [0.1, 0.15) is 0 Å². The van der Waals surface area contributed by atoms with Gasteiger partial charge < -0.3 is 5.73 Å². The molecule has 0 bridgehead atoms. The normalized spacial score (nSPS) is 17.8. The van der Waals surface area contributed by atoms with Crippen molar-refractivity contribution in [2.75, 3.05) is 13.1 Å². The predicted molar refractivity (Wildman–Crippen MR) is 73.3 cm³/mol. The van der Waals surface area contributed by atoms with Crippen LogP contribution >= 0.6 is 11.6 Å². The molecule has 1 atom stereocenters. The Kier molecular flexibility index (Phi) is 4.04. The van der Waals surface area contributed by atoms with Crippen LogP contribution in [0.4, 0.5) is 0 Å². The van der Waals surface area contributed by atoms with Crippen molar-refractivity contribution in [2.45, 2.75) is 18.9 Å². The molecule has 4 heteroatoms. The van der Waals surface area contributed by atoms with Gasteiger partial charge in [-0.3, -0.25) is 9.69 Å². The second-order valence-corrected chi connectivity index (χ2v) is 5.18. The summed E-state index contributed by atoms with van der Waals surface area (Å²) in [6, 6.07) is 8.52. The third kappa shape index (κ3) is 2.92. The van der Waals surface area contributed by atoms with Crippen molar-refractivity contribution in [2.24, 2.45) is 5.73 Å². The van der Waals surface area contributed by atoms with Crippen LogP contribution in [0.2, 0.25) is 0 Å². The SMILES string of the molecule is C=C(Cl)CN(CC(N)=O)C1CCc2ccccc21. The van der Waals surface area contributed by atoms with E-state index in [1.54, 1.807) is 0 Å². The molecule has 0 aromatic heterocycles. The van der Waals surface area contributed by atoms with Crippen LogP contribution in [0.25, 0.3) is 0 Å². The van der Waals surface area contributed by atoms with E-state index in [0.717, 1.165) is 12.8 Å². The Morgan fingerprint density at radius 2 is 2.17 bits per heavy atom. The number of fused-ring (bicyclic) bond motifs is 1. The van der Waals surface area contributed by atoms with Crippen molar-refractivity contribution in [3.63, 3.8) is 0 Å². The van der Waals surface area contributed by atoms with E-state index in [4.69, 9.17) is 17.3 Å². The van der Waals surface area contributed by atoms with E-state index >= 15 is 0 Å². The molecule has 96 valence electrons. The number of halogens is 1. The summed E-state index contributed by atoms with van der Waals surface area (Å²) in [6.45, 7) is 4.40. The first-order chi connectivity index (χ1) is 8.58. The number of primary amides is 1. The summed E-state index contributed by atoms with van der Waals surface area (Å²) < 4.78 is 0. The Bertz CT molecular complexity index is 457. The highest BCUT2D eigenvalue weighted by Crippen LogP contribution is 2.35. The van der Waals surface area contributed by atoms with Gasteiger partial charge in [0.25, 0.3) is 0 Å². The van der Waals surface area contributed by atoms with Crippen LogP contribution in [0.5, 0.6) is 0 Å². The second-order valence-electron chi connectivity index (χ2n) is 4.64. The molecule has 0 spiro atoms. The molecule has 1 amide bonds. The molecule has 1 unspecified atom stereocenters. The predicted octanol–water partition coefficient (Wildman–Crippen LogP) is 2.21. The van der Waals surface area contributed by atoms with Gasteiger partial charge in [0.05, 0.1) is 6.54 Å². The number of rotatable bonds is 5. The van der Waals surface area contributed by atoms with Gasteiger partial charge in [0.15, 0.2) is 0 Å². The second kappa shape index (κ2) is 5.55. The largest absolute Gasteiger partial charge is 0.369 e. The van der Waals surface area contributed by atoms with Crippen LogP contribution in [-0.2, 0) is 11.2 Å². The number of hydrogen-bond donors (Lipinski definition) is 1. The fourth-order valence-corrected chi connectivity index (χ4v) is 2.76. The van der Waals surface area contributed by atoms with E-state index in [1.165, 1.54) is 11.1 Å². The lowest BCUT2D eigenvalue weighted by molar-refractivity contribution is -0.119. The van der Waals surface area contributed by atoms with Gasteiger partial charge in [0, 0.05) is 17.6 Å². The highest BCUT2D eigenvalue weighted by Gasteiger charge is 2.28. The summed E-state index contributed by atoms with van der Waals surface area (Å²) in [5.74, 6) is -0.336. The highest BCUT2D eigenvalue weighted by atomic mass is 35.5. The maximum Gasteiger partial charge on any atom is 0.231 e. The Morgan fingerprint density at radius 1 is 1.44 bits per heavy atom. The van der Waals surface area contributed by atoms with Crippen molar-refractivity contribution in [3.05, 3.63) is 47.0 Å². The van der Waals surface area contributed by atoms with Crippen LogP contribution in [0, 0.1) is 0 Å². The summed E-state index contributed by atoms with van der Waals surface area (Å²) in [5, 5.41) is 0.528. The van der Waals surface area contributed by atoms with Crippen molar-refractivity contribution in [1.82, 2.24) is 4.90 Å². The number of aryl methyl sites for hydroxylation is 1. The van der Waals surface area contributed by atoms with Gasteiger partial charge in [-0.2, -0.15) is 0 Å². The first kappa shape index (κ1) is 13.1. The van der Waals surface area contributed by atoms with Gasteiger partial charge in [-0.1, -0.05) is 42.4 Å². The molecular weight excluding hydrogens is 248 g/mol. The monoisotopic (exact) mass is 264 g/mol. The Balaban J connectivity index is 2.21. The van der Waals surface area contributed by atoms with Gasteiger partial charge in [-0.15, -0.1) is 0 Å². The quantitative estimate of drug-likeness (QED) is 0.886. The summed E-state index contributed by atoms with van der Waals surface area (Å²) >= 11 is 5.87. The maximum atomic E-state index is 11.2. The standard InChI is InChI=1S/C14H17ClN2O/c1-10(15)8-17(9-14(16)18)13-7-6-11-4-2-3-5-12(11)13/h2-5,13H,1,6-9H2,(H2,16,18). The number of carbonyl (C=O) groups excluding carboxylic acids is 1. The molecular formula is C14H17ClN2O. The topological polar surface area (TPSA) is 46.3 Å². The van der Waals surface area contributed by atoms with E-state index in [9.17, 15) is 4.79 Å². The molecule has 18 heavy (non-hydrogen) atoms. The molecule has 1 aromatic carbocycles. The minimum Gasteiger partial charge on any atom is -0.369 e. The van der Waals surface area contributed by atoms with Gasteiger partial charge >= 0.3 is 0 Å². The van der Waals surface area contributed by atoms with Crippen LogP contribution in [0.3, 0.4) is 0 Å². The van der Waals surface area contributed by atoms with Gasteiger partial charge in [-0.05, 0) is 24.0 Å². The molecule has 1 aromatic rings. The van der Waals surface area contributed by atoms with Crippen LogP contribution in [-0.4, -0.2) is 23.9 Å². The minimum absolute atomic E-state index is 0.212. The van der Waals surface area contributed by atoms with E-state index in [1.807, 2.05) is 17.0 Å². The van der Waals surface area contributed by atoms with Gasteiger partial charge in [0.2, 0.25) is 5.91 Å². The fraction of sp³-hybridized carbons (Fsp3) is 0.357. The highest BCUT2D eigenvalue weighted by molar-refractivity contribution is 6.29. The smallest absolute Gasteiger partial charge is 0.231 e. The maximum absolute atomic E-state index is 11.2. The number of benzene rings is 1. The Hall–Kier alpha value is -1.32. The van der Waals surface area contributed by atoms with Crippen LogP contribution < -0.4 is 5.73 Å². The molecule has 2 N–H and O–H groups in total. The summed E-state index contributed by atoms with van der Waals surface area (Å²) in [7, 11) is 0. The fourth-order valence-electron chi connectivity index (χ4n) is 2.61. The van der Waals surface area contributed by atoms with E-state index in [0.29, 0.717) is 11.6 Å². The zero-order valence-corrected chi connectivity index (χ0v) is 11.0. The zero-order chi connectivity index (χ0) is 13.1. The van der Waals surface area contributed by atoms with E-state index < -0.39 is 0 Å². The Labute approximate surface area is 112 Å². The molecule has 0 heterocycles. The first-order valence-electron chi connectivity index (χ1n) is 6.01. The lowest BCUT2D eigenvalue weighted by atomic mass is 10.1. The van der Waals surface area contributed by atoms with Gasteiger partial charge in [-0.25, -0.2) is 0 Å². The third-order valence-electron chi connectivity index (χ3n) is 3.28.